The largest absolute Gasteiger partial charge is 0.416 e. The molecule has 1 aliphatic heterocycles. The number of anilines is 1. The number of nitrogens with zero attached hydrogens (tertiary/aromatic N) is 5. The van der Waals surface area contributed by atoms with Gasteiger partial charge in [0, 0.05) is 39.2 Å². The van der Waals surface area contributed by atoms with Crippen molar-refractivity contribution in [2.75, 3.05) is 25.0 Å². The van der Waals surface area contributed by atoms with Gasteiger partial charge in [-0.05, 0) is 82.8 Å². The predicted octanol–water partition coefficient (Wildman–Crippen LogP) is 6.83. The van der Waals surface area contributed by atoms with E-state index in [-0.39, 0.29) is 24.2 Å². The van der Waals surface area contributed by atoms with Gasteiger partial charge in [-0.25, -0.2) is 15.0 Å². The van der Waals surface area contributed by atoms with Crippen LogP contribution in [0.4, 0.5) is 19.0 Å². The molecule has 266 valence electrons. The zero-order valence-corrected chi connectivity index (χ0v) is 30.0. The average molecular weight is 700 g/mol. The zero-order chi connectivity index (χ0) is 34.6. The number of aryl methyl sites for hydroxylation is 1. The van der Waals surface area contributed by atoms with Gasteiger partial charge >= 0.3 is 6.18 Å². The van der Waals surface area contributed by atoms with Crippen LogP contribution in [0.15, 0.2) is 36.8 Å². The quantitative estimate of drug-likeness (QED) is 0.109. The number of hydrogen-bond acceptors (Lipinski definition) is 8. The molecule has 4 atom stereocenters. The Kier molecular flexibility index (Phi) is 9.20. The molecule has 14 heteroatoms. The molecule has 0 bridgehead atoms. The molecule has 3 aromatic heterocycles. The smallest absolute Gasteiger partial charge is 0.412 e. The van der Waals surface area contributed by atoms with Gasteiger partial charge in [0.15, 0.2) is 5.79 Å². The van der Waals surface area contributed by atoms with E-state index in [9.17, 15) is 13.2 Å². The van der Waals surface area contributed by atoms with Crippen LogP contribution < -0.4 is 15.5 Å². The Morgan fingerprint density at radius 1 is 1.06 bits per heavy atom. The van der Waals surface area contributed by atoms with Crippen molar-refractivity contribution < 1.29 is 27.5 Å². The number of unbranched alkanes of at least 4 members (excludes halogenated alkanes) is 1. The second-order valence-corrected chi connectivity index (χ2v) is 21.2. The van der Waals surface area contributed by atoms with Crippen molar-refractivity contribution in [3.05, 3.63) is 48.2 Å². The summed E-state index contributed by atoms with van der Waals surface area (Å²) in [6.45, 7) is 12.7. The molecular weight excluding hydrogens is 652 g/mol. The first kappa shape index (κ1) is 34.3. The first-order valence-electron chi connectivity index (χ1n) is 17.6. The zero-order valence-electron chi connectivity index (χ0n) is 29.0. The van der Waals surface area contributed by atoms with Crippen LogP contribution in [0.5, 0.6) is 0 Å². The van der Waals surface area contributed by atoms with Gasteiger partial charge in [0.05, 0.1) is 28.6 Å². The summed E-state index contributed by atoms with van der Waals surface area (Å²) in [7, 11) is -1.40. The maximum absolute atomic E-state index is 13.5. The maximum atomic E-state index is 13.5. The van der Waals surface area contributed by atoms with Gasteiger partial charge in [-0.2, -0.15) is 17.9 Å². The molecule has 2 N–H and O–H groups in total. The van der Waals surface area contributed by atoms with Crippen molar-refractivity contribution in [3.63, 3.8) is 0 Å². The molecule has 0 radical (unpaired) electrons. The molecule has 2 saturated carbocycles. The summed E-state index contributed by atoms with van der Waals surface area (Å²) in [5.74, 6) is 1.14. The van der Waals surface area contributed by atoms with E-state index in [1.807, 2.05) is 13.8 Å². The lowest BCUT2D eigenvalue weighted by Gasteiger charge is -2.24. The fourth-order valence-corrected chi connectivity index (χ4v) is 7.85. The van der Waals surface area contributed by atoms with Crippen LogP contribution >= 0.6 is 0 Å². The highest BCUT2D eigenvalue weighted by molar-refractivity contribution is 6.76. The predicted molar refractivity (Wildman–Crippen MR) is 185 cm³/mol. The van der Waals surface area contributed by atoms with E-state index >= 15 is 0 Å². The van der Waals surface area contributed by atoms with Gasteiger partial charge in [-0.15, -0.1) is 0 Å². The summed E-state index contributed by atoms with van der Waals surface area (Å²) < 4.78 is 57.3. The van der Waals surface area contributed by atoms with Gasteiger partial charge in [0.25, 0.3) is 0 Å². The normalized spacial score (nSPS) is 23.8. The third kappa shape index (κ3) is 7.62. The highest BCUT2D eigenvalue weighted by Crippen LogP contribution is 2.47. The molecule has 3 fully saturated rings. The Balaban J connectivity index is 0.973. The molecule has 0 amide bonds. The SMILES string of the molecule is CC1(C)O[C@@H]2[C@@H](CNCCCCc3nc4ccc(C(F)(F)F)cc4n3OCC[Si](C)(C)C)C[C@@H](n3ccc4c(NC5CC5)ncnc43)[C@@H]2O1. The molecule has 1 aromatic carbocycles. The molecule has 2 aliphatic carbocycles. The van der Waals surface area contributed by atoms with Crippen LogP contribution in [-0.2, 0) is 22.1 Å². The summed E-state index contributed by atoms with van der Waals surface area (Å²) in [4.78, 5) is 20.0. The fourth-order valence-electron chi connectivity index (χ4n) is 7.15. The highest BCUT2D eigenvalue weighted by atomic mass is 28.3. The maximum Gasteiger partial charge on any atom is 0.416 e. The van der Waals surface area contributed by atoms with E-state index in [2.05, 4.69) is 62.1 Å². The number of alkyl halides is 3. The topological polar surface area (TPSA) is 100 Å². The number of benzene rings is 1. The third-order valence-electron chi connectivity index (χ3n) is 9.82. The first-order valence-corrected chi connectivity index (χ1v) is 21.3. The van der Waals surface area contributed by atoms with E-state index in [0.29, 0.717) is 35.9 Å². The molecule has 1 saturated heterocycles. The lowest BCUT2D eigenvalue weighted by molar-refractivity contribution is -0.160. The van der Waals surface area contributed by atoms with Crippen molar-refractivity contribution in [2.45, 2.75) is 114 Å². The van der Waals surface area contributed by atoms with Crippen LogP contribution in [0.25, 0.3) is 22.1 Å². The highest BCUT2D eigenvalue weighted by Gasteiger charge is 2.54. The Morgan fingerprint density at radius 2 is 1.86 bits per heavy atom. The minimum atomic E-state index is -4.43. The number of rotatable bonds is 14. The molecule has 0 unspecified atom stereocenters. The minimum absolute atomic E-state index is 0.0364. The van der Waals surface area contributed by atoms with Crippen molar-refractivity contribution in [2.24, 2.45) is 5.92 Å². The standard InChI is InChI=1S/C35H48F3N7O3Si/c1-34(2)47-30-22(18-28(31(30)48-34)44-15-13-25-32(42-24-10-11-24)40-21-41-33(25)44)20-39-14-7-6-8-29-43-26-12-9-23(35(36,37)38)19-27(26)45(29)46-16-17-49(3,4)5/h9,12-13,15,19,21-22,24,28,30-31,39H,6-8,10-11,14,16-18,20H2,1-5H3,(H,40,41,42)/t22-,28-,30-,31+/m1/s1. The van der Waals surface area contributed by atoms with Crippen LogP contribution in [0, 0.1) is 5.92 Å². The van der Waals surface area contributed by atoms with E-state index in [1.54, 1.807) is 6.33 Å². The number of nitrogens with one attached hydrogen (secondary N) is 2. The Morgan fingerprint density at radius 3 is 2.61 bits per heavy atom. The van der Waals surface area contributed by atoms with E-state index in [0.717, 1.165) is 67.4 Å². The Hall–Kier alpha value is -3.20. The molecule has 0 spiro atoms. The molecule has 4 heterocycles. The number of fused-ring (bicyclic) bond motifs is 3. The summed E-state index contributed by atoms with van der Waals surface area (Å²) in [6.07, 6.45) is 4.75. The number of imidazole rings is 1. The van der Waals surface area contributed by atoms with Crippen LogP contribution in [0.2, 0.25) is 25.7 Å². The molecule has 49 heavy (non-hydrogen) atoms. The number of halogens is 3. The number of hydrogen-bond donors (Lipinski definition) is 2. The summed E-state index contributed by atoms with van der Waals surface area (Å²) in [6, 6.07) is 7.26. The monoisotopic (exact) mass is 699 g/mol. The van der Waals surface area contributed by atoms with Gasteiger partial charge in [0.2, 0.25) is 0 Å². The van der Waals surface area contributed by atoms with Crippen LogP contribution in [-0.4, -0.2) is 76.1 Å². The fraction of sp³-hybridized carbons (Fsp3) is 0.629. The molecular formula is C35H48F3N7O3Si. The Labute approximate surface area is 286 Å². The average Bonchev–Trinajstić information content (AvgIpc) is 3.32. The van der Waals surface area contributed by atoms with Crippen LogP contribution in [0.1, 0.15) is 63.4 Å². The van der Waals surface area contributed by atoms with Gasteiger partial charge in [-0.3, -0.25) is 0 Å². The lowest BCUT2D eigenvalue weighted by Crippen LogP contribution is -2.33. The number of aromatic nitrogens is 5. The van der Waals surface area contributed by atoms with Crippen molar-refractivity contribution in [3.8, 4) is 0 Å². The Bertz CT molecular complexity index is 1780. The molecule has 10 nitrogen and oxygen atoms in total. The molecule has 4 aromatic rings. The number of ether oxygens (including phenoxy) is 2. The van der Waals surface area contributed by atoms with E-state index in [1.165, 1.54) is 23.6 Å². The van der Waals surface area contributed by atoms with Crippen LogP contribution in [0.3, 0.4) is 0 Å². The minimum Gasteiger partial charge on any atom is -0.412 e. The van der Waals surface area contributed by atoms with E-state index < -0.39 is 25.6 Å². The summed E-state index contributed by atoms with van der Waals surface area (Å²) >= 11 is 0. The summed E-state index contributed by atoms with van der Waals surface area (Å²) in [5.41, 5.74) is 1.09. The second kappa shape index (κ2) is 13.2. The van der Waals surface area contributed by atoms with Crippen molar-refractivity contribution >= 4 is 36.0 Å². The van der Waals surface area contributed by atoms with E-state index in [4.69, 9.17) is 14.3 Å². The van der Waals surface area contributed by atoms with Crippen molar-refractivity contribution in [1.29, 1.82) is 0 Å². The second-order valence-electron chi connectivity index (χ2n) is 15.6. The molecule has 7 rings (SSSR count). The van der Waals surface area contributed by atoms with Gasteiger partial charge < -0.3 is 29.5 Å². The van der Waals surface area contributed by atoms with Crippen molar-refractivity contribution in [1.82, 2.24) is 29.6 Å². The third-order valence-corrected chi connectivity index (χ3v) is 11.5. The first-order chi connectivity index (χ1) is 23.3. The van der Waals surface area contributed by atoms with Gasteiger partial charge in [0.1, 0.15) is 41.8 Å². The molecule has 3 aliphatic rings. The summed E-state index contributed by atoms with van der Waals surface area (Å²) in [5, 5.41) is 8.22. The van der Waals surface area contributed by atoms with Gasteiger partial charge in [-0.1, -0.05) is 19.6 Å². The lowest BCUT2D eigenvalue weighted by atomic mass is 10.1.